The van der Waals surface area contributed by atoms with E-state index in [9.17, 15) is 9.59 Å². The van der Waals surface area contributed by atoms with Gasteiger partial charge in [0.15, 0.2) is 5.82 Å². The second-order valence-corrected chi connectivity index (χ2v) is 7.93. The first-order chi connectivity index (χ1) is 15.5. The highest BCUT2D eigenvalue weighted by atomic mass is 35.5. The largest absolute Gasteiger partial charge is 0.468 e. The van der Waals surface area contributed by atoms with Gasteiger partial charge in [0.1, 0.15) is 6.04 Å². The average molecular weight is 454 g/mol. The summed E-state index contributed by atoms with van der Waals surface area (Å²) in [5, 5.41) is 4.86. The van der Waals surface area contributed by atoms with E-state index < -0.39 is 6.04 Å². The summed E-state index contributed by atoms with van der Waals surface area (Å²) in [6.45, 7) is 3.85. The quantitative estimate of drug-likeness (QED) is 0.552. The van der Waals surface area contributed by atoms with Gasteiger partial charge in [-0.05, 0) is 30.7 Å². The van der Waals surface area contributed by atoms with Gasteiger partial charge < -0.3 is 9.64 Å². The smallest absolute Gasteiger partial charge is 0.327 e. The molecule has 1 fully saturated rings. The van der Waals surface area contributed by atoms with Crippen molar-refractivity contribution >= 4 is 23.5 Å². The lowest BCUT2D eigenvalue weighted by Gasteiger charge is -2.38. The van der Waals surface area contributed by atoms with Crippen LogP contribution in [0.4, 0.5) is 0 Å². The molecule has 9 heteroatoms. The number of benzene rings is 1. The van der Waals surface area contributed by atoms with Crippen molar-refractivity contribution in [3.05, 3.63) is 76.7 Å². The van der Waals surface area contributed by atoms with Crippen molar-refractivity contribution in [1.82, 2.24) is 24.6 Å². The van der Waals surface area contributed by atoms with Crippen molar-refractivity contribution in [2.24, 2.45) is 0 Å². The van der Waals surface area contributed by atoms with Crippen molar-refractivity contribution in [2.45, 2.75) is 13.0 Å². The van der Waals surface area contributed by atoms with Gasteiger partial charge >= 0.3 is 5.97 Å². The Morgan fingerprint density at radius 3 is 2.44 bits per heavy atom. The molecular weight excluding hydrogens is 430 g/mol. The highest BCUT2D eigenvalue weighted by Gasteiger charge is 2.34. The van der Waals surface area contributed by atoms with Crippen LogP contribution in [0.5, 0.6) is 0 Å². The number of amides is 1. The van der Waals surface area contributed by atoms with Crippen LogP contribution in [0.15, 0.2) is 54.9 Å². The van der Waals surface area contributed by atoms with Gasteiger partial charge in [0.05, 0.1) is 24.6 Å². The minimum Gasteiger partial charge on any atom is -0.468 e. The molecule has 0 bridgehead atoms. The number of rotatable bonds is 5. The Labute approximate surface area is 191 Å². The molecule has 3 aromatic rings. The Morgan fingerprint density at radius 1 is 1.06 bits per heavy atom. The molecule has 0 saturated carbocycles. The van der Waals surface area contributed by atoms with Crippen LogP contribution < -0.4 is 0 Å². The van der Waals surface area contributed by atoms with Gasteiger partial charge in [0, 0.05) is 37.4 Å². The molecule has 1 aliphatic heterocycles. The first-order valence-corrected chi connectivity index (χ1v) is 10.7. The molecular formula is C23H24ClN5O3. The second kappa shape index (κ2) is 9.50. The minimum absolute atomic E-state index is 0.0864. The third kappa shape index (κ3) is 4.24. The SMILES string of the molecule is COC(=O)C(c1ccccc1Cl)N1CCN(C(=O)c2cnn(-c3ccccn3)c2C)CC1. The van der Waals surface area contributed by atoms with E-state index in [2.05, 4.69) is 10.1 Å². The summed E-state index contributed by atoms with van der Waals surface area (Å²) < 4.78 is 6.70. The van der Waals surface area contributed by atoms with E-state index in [-0.39, 0.29) is 11.9 Å². The van der Waals surface area contributed by atoms with Crippen LogP contribution in [0.2, 0.25) is 5.02 Å². The van der Waals surface area contributed by atoms with E-state index in [1.165, 1.54) is 7.11 Å². The number of hydrogen-bond acceptors (Lipinski definition) is 6. The number of pyridine rings is 1. The lowest BCUT2D eigenvalue weighted by molar-refractivity contribution is -0.148. The maximum absolute atomic E-state index is 13.2. The Morgan fingerprint density at radius 2 is 1.78 bits per heavy atom. The summed E-state index contributed by atoms with van der Waals surface area (Å²) in [7, 11) is 1.37. The molecule has 1 atom stereocenters. The van der Waals surface area contributed by atoms with Crippen molar-refractivity contribution in [3.63, 3.8) is 0 Å². The molecule has 1 saturated heterocycles. The van der Waals surface area contributed by atoms with Crippen LogP contribution >= 0.6 is 11.6 Å². The Bertz CT molecular complexity index is 1110. The number of aromatic nitrogens is 3. The molecule has 1 aromatic carbocycles. The molecule has 0 spiro atoms. The van der Waals surface area contributed by atoms with E-state index in [0.29, 0.717) is 48.1 Å². The van der Waals surface area contributed by atoms with Crippen molar-refractivity contribution < 1.29 is 14.3 Å². The third-order valence-electron chi connectivity index (χ3n) is 5.70. The van der Waals surface area contributed by atoms with Gasteiger partial charge in [-0.2, -0.15) is 5.10 Å². The standard InChI is InChI=1S/C23H24ClN5O3/c1-16-18(15-26-29(16)20-9-5-6-10-25-20)22(30)28-13-11-27(12-14-28)21(23(31)32-2)17-7-3-4-8-19(17)24/h3-10,15,21H,11-14H2,1-2H3. The number of halogens is 1. The number of nitrogens with zero attached hydrogens (tertiary/aromatic N) is 5. The van der Waals surface area contributed by atoms with E-state index >= 15 is 0 Å². The Balaban J connectivity index is 1.49. The molecule has 0 aliphatic carbocycles. The highest BCUT2D eigenvalue weighted by Crippen LogP contribution is 2.29. The van der Waals surface area contributed by atoms with Crippen molar-refractivity contribution in [3.8, 4) is 5.82 Å². The summed E-state index contributed by atoms with van der Waals surface area (Å²) in [4.78, 5) is 33.8. The van der Waals surface area contributed by atoms with Crippen LogP contribution in [0.3, 0.4) is 0 Å². The number of carbonyl (C=O) groups excluding carboxylic acids is 2. The zero-order chi connectivity index (χ0) is 22.7. The summed E-state index contributed by atoms with van der Waals surface area (Å²) >= 11 is 6.36. The zero-order valence-corrected chi connectivity index (χ0v) is 18.7. The van der Waals surface area contributed by atoms with Crippen LogP contribution in [-0.2, 0) is 9.53 Å². The van der Waals surface area contributed by atoms with E-state index in [1.807, 2.05) is 48.2 Å². The predicted octanol–water partition coefficient (Wildman–Crippen LogP) is 2.90. The second-order valence-electron chi connectivity index (χ2n) is 7.52. The van der Waals surface area contributed by atoms with Gasteiger partial charge in [-0.1, -0.05) is 35.9 Å². The maximum Gasteiger partial charge on any atom is 0.327 e. The first kappa shape index (κ1) is 22.0. The number of esters is 1. The summed E-state index contributed by atoms with van der Waals surface area (Å²) in [6.07, 6.45) is 3.27. The summed E-state index contributed by atoms with van der Waals surface area (Å²) in [5.41, 5.74) is 1.98. The number of methoxy groups -OCH3 is 1. The van der Waals surface area contributed by atoms with E-state index in [4.69, 9.17) is 16.3 Å². The van der Waals surface area contributed by atoms with Gasteiger partial charge in [-0.3, -0.25) is 9.69 Å². The summed E-state index contributed by atoms with van der Waals surface area (Å²) in [6, 6.07) is 12.2. The number of carbonyl (C=O) groups is 2. The summed E-state index contributed by atoms with van der Waals surface area (Å²) in [5.74, 6) is 0.205. The molecule has 4 rings (SSSR count). The molecule has 166 valence electrons. The fourth-order valence-electron chi connectivity index (χ4n) is 3.96. The number of hydrogen-bond donors (Lipinski definition) is 0. The van der Waals surface area contributed by atoms with Crippen molar-refractivity contribution in [2.75, 3.05) is 33.3 Å². The number of piperazine rings is 1. The van der Waals surface area contributed by atoms with E-state index in [1.54, 1.807) is 28.0 Å². The molecule has 1 aliphatic rings. The normalized spacial score (nSPS) is 15.4. The van der Waals surface area contributed by atoms with Crippen LogP contribution in [0.1, 0.15) is 27.7 Å². The van der Waals surface area contributed by atoms with Crippen LogP contribution in [0.25, 0.3) is 5.82 Å². The fraction of sp³-hybridized carbons (Fsp3) is 0.304. The van der Waals surface area contributed by atoms with Crippen LogP contribution in [0, 0.1) is 6.92 Å². The molecule has 1 amide bonds. The van der Waals surface area contributed by atoms with Crippen molar-refractivity contribution in [1.29, 1.82) is 0 Å². The Kier molecular flexibility index (Phi) is 6.53. The zero-order valence-electron chi connectivity index (χ0n) is 17.9. The lowest BCUT2D eigenvalue weighted by Crippen LogP contribution is -2.51. The molecule has 3 heterocycles. The lowest BCUT2D eigenvalue weighted by atomic mass is 10.0. The molecule has 8 nitrogen and oxygen atoms in total. The van der Waals surface area contributed by atoms with Crippen LogP contribution in [-0.4, -0.2) is 69.7 Å². The molecule has 0 radical (unpaired) electrons. The average Bonchev–Trinajstić information content (AvgIpc) is 3.22. The van der Waals surface area contributed by atoms with Gasteiger partial charge in [0.2, 0.25) is 0 Å². The molecule has 2 aromatic heterocycles. The third-order valence-corrected chi connectivity index (χ3v) is 6.04. The topological polar surface area (TPSA) is 80.6 Å². The monoisotopic (exact) mass is 453 g/mol. The number of ether oxygens (including phenoxy) is 1. The molecule has 1 unspecified atom stereocenters. The van der Waals surface area contributed by atoms with E-state index in [0.717, 1.165) is 5.69 Å². The predicted molar refractivity (Wildman–Crippen MR) is 120 cm³/mol. The Hall–Kier alpha value is -3.23. The first-order valence-electron chi connectivity index (χ1n) is 10.3. The minimum atomic E-state index is -0.611. The van der Waals surface area contributed by atoms with Gasteiger partial charge in [-0.25, -0.2) is 14.5 Å². The van der Waals surface area contributed by atoms with Gasteiger partial charge in [-0.15, -0.1) is 0 Å². The highest BCUT2D eigenvalue weighted by molar-refractivity contribution is 6.31. The maximum atomic E-state index is 13.2. The molecule has 32 heavy (non-hydrogen) atoms. The fourth-order valence-corrected chi connectivity index (χ4v) is 4.20. The van der Waals surface area contributed by atoms with Gasteiger partial charge in [0.25, 0.3) is 5.91 Å². The molecule has 0 N–H and O–H groups in total.